The van der Waals surface area contributed by atoms with Crippen LogP contribution in [0, 0.1) is 24.0 Å². The molecular formula is C53H56ClF2N9O5. The highest BCUT2D eigenvalue weighted by Gasteiger charge is 2.37. The predicted octanol–water partition coefficient (Wildman–Crippen LogP) is 8.96. The molecular weight excluding hydrogens is 916 g/mol. The lowest BCUT2D eigenvalue weighted by molar-refractivity contribution is -0.120. The molecule has 5 N–H and O–H groups in total. The van der Waals surface area contributed by atoms with Crippen LogP contribution in [0.15, 0.2) is 85.2 Å². The molecule has 364 valence electrons. The van der Waals surface area contributed by atoms with Gasteiger partial charge in [-0.1, -0.05) is 41.9 Å². The lowest BCUT2D eigenvalue weighted by Crippen LogP contribution is -2.49. The Hall–Kier alpha value is -6.59. The second kappa shape index (κ2) is 20.0. The first-order valence-electron chi connectivity index (χ1n) is 23.7. The largest absolute Gasteiger partial charge is 0.386 e. The van der Waals surface area contributed by atoms with E-state index < -0.39 is 29.2 Å². The molecule has 14 nitrogen and oxygen atoms in total. The van der Waals surface area contributed by atoms with E-state index in [4.69, 9.17) is 11.6 Å². The van der Waals surface area contributed by atoms with E-state index >= 15 is 8.78 Å². The number of urea groups is 1. The van der Waals surface area contributed by atoms with Crippen LogP contribution in [0.4, 0.5) is 25.0 Å². The molecule has 5 heterocycles. The zero-order valence-electron chi connectivity index (χ0n) is 39.4. The number of piperidine rings is 2. The Morgan fingerprint density at radius 1 is 0.871 bits per heavy atom. The molecule has 1 spiro atoms. The highest BCUT2D eigenvalue weighted by Crippen LogP contribution is 2.42. The van der Waals surface area contributed by atoms with Crippen molar-refractivity contribution in [1.29, 1.82) is 0 Å². The molecule has 5 amide bonds. The maximum absolute atomic E-state index is 15.2. The number of H-pyrrole nitrogens is 1. The van der Waals surface area contributed by atoms with E-state index in [2.05, 4.69) is 65.0 Å². The van der Waals surface area contributed by atoms with Crippen molar-refractivity contribution in [2.24, 2.45) is 5.41 Å². The lowest BCUT2D eigenvalue weighted by atomic mass is 9.71. The van der Waals surface area contributed by atoms with Crippen molar-refractivity contribution in [2.75, 3.05) is 56.0 Å². The Balaban J connectivity index is 0.750. The highest BCUT2D eigenvalue weighted by molar-refractivity contribution is 6.34. The van der Waals surface area contributed by atoms with Crippen LogP contribution in [0.2, 0.25) is 5.02 Å². The molecule has 6 aromatic rings. The first-order valence-corrected chi connectivity index (χ1v) is 24.1. The Morgan fingerprint density at radius 2 is 1.60 bits per heavy atom. The van der Waals surface area contributed by atoms with Crippen LogP contribution < -0.4 is 20.9 Å². The van der Waals surface area contributed by atoms with Crippen LogP contribution in [0.3, 0.4) is 0 Å². The van der Waals surface area contributed by atoms with Gasteiger partial charge >= 0.3 is 6.03 Å². The van der Waals surface area contributed by atoms with Crippen LogP contribution in [-0.2, 0) is 16.9 Å². The zero-order chi connectivity index (χ0) is 49.3. The van der Waals surface area contributed by atoms with Crippen molar-refractivity contribution in [3.05, 3.63) is 130 Å². The lowest BCUT2D eigenvalue weighted by Gasteiger charge is -2.47. The van der Waals surface area contributed by atoms with Crippen LogP contribution >= 0.6 is 11.6 Å². The zero-order valence-corrected chi connectivity index (χ0v) is 40.2. The number of imide groups is 1. The van der Waals surface area contributed by atoms with Gasteiger partial charge in [0.1, 0.15) is 23.6 Å². The average molecular weight is 973 g/mol. The van der Waals surface area contributed by atoms with Gasteiger partial charge in [-0.25, -0.2) is 23.5 Å². The third-order valence-corrected chi connectivity index (χ3v) is 14.5. The van der Waals surface area contributed by atoms with Gasteiger partial charge in [0, 0.05) is 53.9 Å². The van der Waals surface area contributed by atoms with Crippen LogP contribution in [0.25, 0.3) is 33.5 Å². The molecule has 0 unspecified atom stereocenters. The van der Waals surface area contributed by atoms with Crippen molar-refractivity contribution >= 4 is 57.8 Å². The first kappa shape index (κ1) is 48.4. The number of hydrogen-bond donors (Lipinski definition) is 5. The van der Waals surface area contributed by atoms with Gasteiger partial charge < -0.3 is 25.6 Å². The summed E-state index contributed by atoms with van der Waals surface area (Å²) in [5.41, 5.74) is 5.18. The van der Waals surface area contributed by atoms with E-state index in [1.165, 1.54) is 80.6 Å². The van der Waals surface area contributed by atoms with Crippen molar-refractivity contribution < 1.29 is 33.1 Å². The van der Waals surface area contributed by atoms with Crippen molar-refractivity contribution in [1.82, 2.24) is 35.4 Å². The summed E-state index contributed by atoms with van der Waals surface area (Å²) in [6.45, 7) is 11.5. The maximum Gasteiger partial charge on any atom is 0.328 e. The number of aromatic amines is 1. The molecule has 0 saturated carbocycles. The summed E-state index contributed by atoms with van der Waals surface area (Å²) in [4.78, 5) is 69.0. The molecule has 0 bridgehead atoms. The number of benzene rings is 4. The molecule has 3 aliphatic heterocycles. The van der Waals surface area contributed by atoms with E-state index in [0.29, 0.717) is 61.7 Å². The first-order chi connectivity index (χ1) is 33.5. The summed E-state index contributed by atoms with van der Waals surface area (Å²) in [6, 6.07) is 21.2. The number of nitrogens with one attached hydrogen (secondary N) is 4. The summed E-state index contributed by atoms with van der Waals surface area (Å²) >= 11 is 6.36. The molecule has 2 aromatic heterocycles. The molecule has 3 aliphatic rings. The van der Waals surface area contributed by atoms with Crippen molar-refractivity contribution in [2.45, 2.75) is 71.4 Å². The quantitative estimate of drug-likeness (QED) is 0.0708. The molecule has 0 atom stereocenters. The summed E-state index contributed by atoms with van der Waals surface area (Å²) in [5.74, 6) is -2.73. The third kappa shape index (κ3) is 10.6. The van der Waals surface area contributed by atoms with Gasteiger partial charge in [-0.3, -0.25) is 29.5 Å². The van der Waals surface area contributed by atoms with Gasteiger partial charge in [0.2, 0.25) is 5.91 Å². The van der Waals surface area contributed by atoms with Crippen LogP contribution in [0.5, 0.6) is 0 Å². The van der Waals surface area contributed by atoms with Gasteiger partial charge in [-0.05, 0) is 162 Å². The van der Waals surface area contributed by atoms with Gasteiger partial charge in [0.25, 0.3) is 11.8 Å². The maximum atomic E-state index is 15.2. The predicted molar refractivity (Wildman–Crippen MR) is 266 cm³/mol. The number of halogens is 3. The second-order valence-electron chi connectivity index (χ2n) is 19.3. The minimum atomic E-state index is -1.29. The molecule has 3 saturated heterocycles. The average Bonchev–Trinajstić information content (AvgIpc) is 3.78. The number of rotatable bonds is 13. The number of carbonyl (C=O) groups is 4. The van der Waals surface area contributed by atoms with Gasteiger partial charge in [0.05, 0.1) is 27.6 Å². The minimum absolute atomic E-state index is 0.164. The number of likely N-dealkylation sites (tertiary alicyclic amines) is 2. The number of amides is 5. The second-order valence-corrected chi connectivity index (χ2v) is 19.8. The van der Waals surface area contributed by atoms with Gasteiger partial charge in [-0.2, -0.15) is 0 Å². The smallest absolute Gasteiger partial charge is 0.328 e. The Morgan fingerprint density at radius 3 is 2.30 bits per heavy atom. The van der Waals surface area contributed by atoms with Gasteiger partial charge in [0.15, 0.2) is 0 Å². The fourth-order valence-corrected chi connectivity index (χ4v) is 10.1. The normalized spacial score (nSPS) is 16.7. The molecule has 4 aromatic carbocycles. The molecule has 0 aliphatic carbocycles. The van der Waals surface area contributed by atoms with E-state index in [1.807, 2.05) is 6.07 Å². The Labute approximate surface area is 409 Å². The fraction of sp³-hybridized carbons (Fsp3) is 0.358. The Bertz CT molecular complexity index is 2970. The van der Waals surface area contributed by atoms with E-state index in [9.17, 15) is 24.3 Å². The minimum Gasteiger partial charge on any atom is -0.386 e. The van der Waals surface area contributed by atoms with E-state index in [-0.39, 0.29) is 36.0 Å². The van der Waals surface area contributed by atoms with Crippen molar-refractivity contribution in [3.63, 3.8) is 0 Å². The van der Waals surface area contributed by atoms with Crippen molar-refractivity contribution in [3.8, 4) is 22.5 Å². The SMILES string of the molecule is Cc1c(NC(=O)c2ccc(C(C)(C)O)cc2F)cc(F)cc1-c1ncnc2[nH]c(-c3ccc(CN4CCC5(CCN(CCCNC(=O)c6ccc(Cl)c(N7CCC(=O)NC7=O)c6)CC5)CC4)cc3)cc12. The molecule has 9 rings (SSSR count). The van der Waals surface area contributed by atoms with Crippen LogP contribution in [0.1, 0.15) is 89.8 Å². The summed E-state index contributed by atoms with van der Waals surface area (Å²) in [7, 11) is 0. The number of carbonyl (C=O) groups excluding carboxylic acids is 4. The summed E-state index contributed by atoms with van der Waals surface area (Å²) in [5, 5.41) is 19.2. The summed E-state index contributed by atoms with van der Waals surface area (Å²) in [6.07, 6.45) is 7.07. The molecule has 70 heavy (non-hydrogen) atoms. The third-order valence-electron chi connectivity index (χ3n) is 14.2. The van der Waals surface area contributed by atoms with E-state index in [0.717, 1.165) is 63.0 Å². The summed E-state index contributed by atoms with van der Waals surface area (Å²) < 4.78 is 30.2. The Kier molecular flexibility index (Phi) is 13.9. The molecule has 0 radical (unpaired) electrons. The number of fused-ring (bicyclic) bond motifs is 1. The molecule has 17 heteroatoms. The number of nitrogens with zero attached hydrogens (tertiary/aromatic N) is 5. The number of anilines is 2. The number of aliphatic hydroxyl groups is 1. The molecule has 3 fully saturated rings. The standard InChI is InChI=1S/C53H56ClF2N9O5/c1-32-39(27-37(55)28-43(32)61-50(68)38-11-10-36(26-42(38)56)52(2,3)70)47-40-29-44(60-48(40)59-31-58-47)34-7-5-33(6-8-34)30-64-23-16-53(17-24-64)14-21-63(22-15-53)19-4-18-57-49(67)35-9-12-41(54)45(25-35)65-20-13-46(66)62-51(65)69/h5-12,25-29,31,70H,4,13-24,30H2,1-3H3,(H,57,67)(H,61,68)(H,58,59,60)(H,62,66,69). The topological polar surface area (TPSA) is 176 Å². The van der Waals surface area contributed by atoms with E-state index in [1.54, 1.807) is 25.1 Å². The van der Waals surface area contributed by atoms with Crippen LogP contribution in [-0.4, -0.2) is 99.4 Å². The number of aromatic nitrogens is 3. The fourth-order valence-electron chi connectivity index (χ4n) is 9.88. The highest BCUT2D eigenvalue weighted by atomic mass is 35.5. The number of hydrogen-bond acceptors (Lipinski definition) is 9. The monoisotopic (exact) mass is 971 g/mol. The van der Waals surface area contributed by atoms with Gasteiger partial charge in [-0.15, -0.1) is 0 Å².